The van der Waals surface area contributed by atoms with Gasteiger partial charge in [-0.2, -0.15) is 0 Å². The van der Waals surface area contributed by atoms with Gasteiger partial charge in [-0.1, -0.05) is 41.9 Å². The number of β-lactam (4-membered cyclic amide) rings is 1. The fourth-order valence-electron chi connectivity index (χ4n) is 4.73. The van der Waals surface area contributed by atoms with Crippen LogP contribution in [0.15, 0.2) is 65.3 Å². The number of cyclic esters (lactones) is 1. The number of fused-ring (bicyclic) bond motifs is 1. The van der Waals surface area contributed by atoms with Gasteiger partial charge in [-0.3, -0.25) is 24.7 Å². The van der Waals surface area contributed by atoms with E-state index in [1.165, 1.54) is 34.1 Å². The highest BCUT2D eigenvalue weighted by Gasteiger charge is 2.59. The van der Waals surface area contributed by atoms with Crippen molar-refractivity contribution in [2.75, 3.05) is 6.61 Å². The molecule has 3 aliphatic heterocycles. The first-order valence-electron chi connectivity index (χ1n) is 11.0. The first-order chi connectivity index (χ1) is 16.9. The third kappa shape index (κ3) is 3.99. The number of non-ortho nitro benzene ring substituents is 1. The average molecular weight is 498 g/mol. The van der Waals surface area contributed by atoms with Crippen LogP contribution in [0.25, 0.3) is 0 Å². The molecule has 0 unspecified atom stereocenters. The number of esters is 1. The molecule has 2 aromatic rings. The van der Waals surface area contributed by atoms with Gasteiger partial charge in [0.05, 0.1) is 17.0 Å². The summed E-state index contributed by atoms with van der Waals surface area (Å²) >= 11 is 6.34. The molecule has 0 aromatic heterocycles. The molecule has 3 heterocycles. The third-order valence-electron chi connectivity index (χ3n) is 6.45. The Bertz CT molecular complexity index is 1230. The number of carbonyl (C=O) groups is 3. The summed E-state index contributed by atoms with van der Waals surface area (Å²) < 4.78 is 10.6. The summed E-state index contributed by atoms with van der Waals surface area (Å²) in [5, 5.41) is 11.0. The lowest BCUT2D eigenvalue weighted by atomic mass is 9.84. The minimum absolute atomic E-state index is 0.0325. The minimum atomic E-state index is -0.770. The van der Waals surface area contributed by atoms with Crippen LogP contribution >= 0.6 is 11.6 Å². The van der Waals surface area contributed by atoms with Gasteiger partial charge < -0.3 is 9.47 Å². The number of amides is 2. The topological polar surface area (TPSA) is 119 Å². The molecule has 0 spiro atoms. The van der Waals surface area contributed by atoms with E-state index in [0.29, 0.717) is 18.4 Å². The van der Waals surface area contributed by atoms with Crippen LogP contribution in [0.3, 0.4) is 0 Å². The van der Waals surface area contributed by atoms with Gasteiger partial charge in [0.2, 0.25) is 0 Å². The molecule has 2 fully saturated rings. The molecule has 0 bridgehead atoms. The largest absolute Gasteiger partial charge is 0.456 e. The van der Waals surface area contributed by atoms with Crippen LogP contribution in [-0.4, -0.2) is 51.4 Å². The Hall–Kier alpha value is -3.92. The Kier molecular flexibility index (Phi) is 5.89. The molecule has 10 nitrogen and oxygen atoms in total. The van der Waals surface area contributed by atoms with E-state index in [2.05, 4.69) is 0 Å². The highest BCUT2D eigenvalue weighted by atomic mass is 35.5. The normalized spacial score (nSPS) is 23.5. The first-order valence-corrected chi connectivity index (χ1v) is 11.4. The lowest BCUT2D eigenvalue weighted by Crippen LogP contribution is -2.71. The van der Waals surface area contributed by atoms with Crippen molar-refractivity contribution in [2.24, 2.45) is 0 Å². The van der Waals surface area contributed by atoms with Crippen molar-refractivity contribution in [1.82, 2.24) is 9.80 Å². The highest BCUT2D eigenvalue weighted by Crippen LogP contribution is 2.44. The zero-order chi connectivity index (χ0) is 24.7. The summed E-state index contributed by atoms with van der Waals surface area (Å²) in [4.78, 5) is 51.8. The molecule has 2 saturated heterocycles. The maximum Gasteiger partial charge on any atom is 0.411 e. The summed E-state index contributed by atoms with van der Waals surface area (Å²) in [5.41, 5.74) is 1.30. The Morgan fingerprint density at radius 1 is 1.14 bits per heavy atom. The van der Waals surface area contributed by atoms with Crippen molar-refractivity contribution < 1.29 is 28.8 Å². The number of hydrogen-bond donors (Lipinski definition) is 0. The summed E-state index contributed by atoms with van der Waals surface area (Å²) in [6, 6.07) is 13.3. The molecule has 11 heteroatoms. The van der Waals surface area contributed by atoms with Gasteiger partial charge in [-0.15, -0.1) is 0 Å². The van der Waals surface area contributed by atoms with Crippen LogP contribution in [0.4, 0.5) is 10.5 Å². The summed E-state index contributed by atoms with van der Waals surface area (Å²) in [6.45, 7) is -0.00473. The van der Waals surface area contributed by atoms with Crippen molar-refractivity contribution in [2.45, 2.75) is 37.6 Å². The van der Waals surface area contributed by atoms with Crippen molar-refractivity contribution in [3.05, 3.63) is 86.6 Å². The van der Waals surface area contributed by atoms with Crippen molar-refractivity contribution in [3.63, 3.8) is 0 Å². The van der Waals surface area contributed by atoms with Gasteiger partial charge >= 0.3 is 12.1 Å². The van der Waals surface area contributed by atoms with Crippen LogP contribution in [0.5, 0.6) is 0 Å². The van der Waals surface area contributed by atoms with E-state index in [-0.39, 0.29) is 29.6 Å². The number of nitro benzene ring substituents is 1. The van der Waals surface area contributed by atoms with Crippen LogP contribution in [0.1, 0.15) is 30.0 Å². The number of nitro groups is 1. The van der Waals surface area contributed by atoms with Crippen LogP contribution < -0.4 is 0 Å². The van der Waals surface area contributed by atoms with Gasteiger partial charge in [0, 0.05) is 17.2 Å². The second kappa shape index (κ2) is 9.03. The van der Waals surface area contributed by atoms with Crippen LogP contribution in [0, 0.1) is 10.1 Å². The lowest BCUT2D eigenvalue weighted by molar-refractivity contribution is -0.384. The molecule has 2 aromatic carbocycles. The maximum atomic E-state index is 13.3. The van der Waals surface area contributed by atoms with Gasteiger partial charge in [0.1, 0.15) is 25.0 Å². The average Bonchev–Trinajstić information content (AvgIpc) is 3.24. The second-order valence-electron chi connectivity index (χ2n) is 8.42. The van der Waals surface area contributed by atoms with Gasteiger partial charge in [0.15, 0.2) is 0 Å². The molecule has 3 aliphatic rings. The maximum absolute atomic E-state index is 13.3. The second-order valence-corrected chi connectivity index (χ2v) is 8.88. The minimum Gasteiger partial charge on any atom is -0.456 e. The van der Waals surface area contributed by atoms with Gasteiger partial charge in [-0.05, 0) is 36.1 Å². The van der Waals surface area contributed by atoms with Crippen LogP contribution in [-0.2, 0) is 25.7 Å². The standard InChI is InChI=1S/C24H20ClN3O7/c25-17-10-11-18-21(27-19(13-35-24(27)31)15-4-2-1-3-5-15)22(29)26(18)20(17)23(30)34-12-14-6-8-16(9-7-14)28(32)33/h1-9,18-19,21H,10-13H2/t18-,19-,21+/m1/s1. The number of carbonyl (C=O) groups excluding carboxylic acids is 3. The molecule has 5 rings (SSSR count). The number of rotatable bonds is 6. The van der Waals surface area contributed by atoms with Gasteiger partial charge in [0.25, 0.3) is 11.6 Å². The molecular weight excluding hydrogens is 478 g/mol. The summed E-state index contributed by atoms with van der Waals surface area (Å²) in [7, 11) is 0. The predicted molar refractivity (Wildman–Crippen MR) is 122 cm³/mol. The monoisotopic (exact) mass is 497 g/mol. The molecule has 3 atom stereocenters. The molecule has 180 valence electrons. The Balaban J connectivity index is 1.31. The quantitative estimate of drug-likeness (QED) is 0.258. The van der Waals surface area contributed by atoms with E-state index in [1.807, 2.05) is 30.3 Å². The fourth-order valence-corrected chi connectivity index (χ4v) is 5.01. The van der Waals surface area contributed by atoms with E-state index < -0.39 is 41.0 Å². The highest BCUT2D eigenvalue weighted by molar-refractivity contribution is 6.32. The molecule has 35 heavy (non-hydrogen) atoms. The first kappa shape index (κ1) is 22.9. The Morgan fingerprint density at radius 3 is 2.54 bits per heavy atom. The van der Waals surface area contributed by atoms with E-state index >= 15 is 0 Å². The van der Waals surface area contributed by atoms with E-state index in [0.717, 1.165) is 5.56 Å². The molecule has 2 amide bonds. The number of benzene rings is 2. The zero-order valence-electron chi connectivity index (χ0n) is 18.3. The van der Waals surface area contributed by atoms with E-state index in [9.17, 15) is 24.5 Å². The molecule has 0 radical (unpaired) electrons. The predicted octanol–water partition coefficient (Wildman–Crippen LogP) is 3.66. The lowest BCUT2D eigenvalue weighted by Gasteiger charge is -2.52. The SMILES string of the molecule is O=C(OCc1ccc([N+](=O)[O-])cc1)C1=C(Cl)CC[C@@H]2[C@H](N3C(=O)OC[C@@H]3c3ccccc3)C(=O)N12. The number of hydrogen-bond acceptors (Lipinski definition) is 7. The molecular formula is C24H20ClN3O7. The number of halogens is 1. The van der Waals surface area contributed by atoms with Crippen molar-refractivity contribution in [1.29, 1.82) is 0 Å². The van der Waals surface area contributed by atoms with Crippen molar-refractivity contribution in [3.8, 4) is 0 Å². The van der Waals surface area contributed by atoms with E-state index in [1.54, 1.807) is 0 Å². The number of ether oxygens (including phenoxy) is 2. The summed E-state index contributed by atoms with van der Waals surface area (Å²) in [5.74, 6) is -1.19. The van der Waals surface area contributed by atoms with Crippen LogP contribution in [0.2, 0.25) is 0 Å². The Morgan fingerprint density at radius 2 is 1.86 bits per heavy atom. The molecule has 0 N–H and O–H groups in total. The summed E-state index contributed by atoms with van der Waals surface area (Å²) in [6.07, 6.45) is 0.271. The molecule has 0 saturated carbocycles. The zero-order valence-corrected chi connectivity index (χ0v) is 19.1. The Labute approximate surface area is 204 Å². The van der Waals surface area contributed by atoms with E-state index in [4.69, 9.17) is 21.1 Å². The third-order valence-corrected chi connectivity index (χ3v) is 6.82. The number of nitrogens with zero attached hydrogens (tertiary/aromatic N) is 3. The fraction of sp³-hybridized carbons (Fsp3) is 0.292. The van der Waals surface area contributed by atoms with Gasteiger partial charge in [-0.25, -0.2) is 9.59 Å². The smallest absolute Gasteiger partial charge is 0.411 e. The van der Waals surface area contributed by atoms with Crippen molar-refractivity contribution >= 4 is 35.3 Å². The molecule has 0 aliphatic carbocycles. The number of allylic oxidation sites excluding steroid dienone is 1.